The number of thioether (sulfide) groups is 1. The quantitative estimate of drug-likeness (QED) is 0.570. The van der Waals surface area contributed by atoms with Gasteiger partial charge < -0.3 is 20.1 Å². The minimum Gasteiger partial charge on any atom is -0.369 e. The third-order valence-corrected chi connectivity index (χ3v) is 5.60. The zero-order chi connectivity index (χ0) is 20.1. The highest BCUT2D eigenvalue weighted by Crippen LogP contribution is 2.19. The van der Waals surface area contributed by atoms with Crippen molar-refractivity contribution >= 4 is 29.0 Å². The Morgan fingerprint density at radius 3 is 2.50 bits per heavy atom. The van der Waals surface area contributed by atoms with E-state index >= 15 is 0 Å². The molecule has 1 aliphatic heterocycles. The molecule has 2 N–H and O–H groups in total. The van der Waals surface area contributed by atoms with Gasteiger partial charge in [-0.25, -0.2) is 4.98 Å². The molecule has 0 bridgehead atoms. The molecular weight excluding hydrogens is 374 g/mol. The summed E-state index contributed by atoms with van der Waals surface area (Å²) in [7, 11) is 2.14. The second kappa shape index (κ2) is 9.25. The van der Waals surface area contributed by atoms with Crippen LogP contribution in [-0.2, 0) is 11.2 Å². The van der Waals surface area contributed by atoms with Crippen molar-refractivity contribution in [1.29, 1.82) is 0 Å². The second-order valence-corrected chi connectivity index (χ2v) is 7.82. The molecular formula is C20H27N5O2S. The summed E-state index contributed by atoms with van der Waals surface area (Å²) in [4.78, 5) is 36.2. The van der Waals surface area contributed by atoms with Crippen molar-refractivity contribution in [3.05, 3.63) is 45.9 Å². The number of anilines is 2. The third-order valence-electron chi connectivity index (χ3n) is 5.02. The van der Waals surface area contributed by atoms with Gasteiger partial charge in [-0.2, -0.15) is 0 Å². The molecule has 2 aromatic rings. The highest BCUT2D eigenvalue weighted by Gasteiger charge is 2.14. The molecule has 0 radical (unpaired) electrons. The van der Waals surface area contributed by atoms with E-state index in [-0.39, 0.29) is 17.9 Å². The van der Waals surface area contributed by atoms with Crippen LogP contribution in [0.1, 0.15) is 17.7 Å². The molecule has 0 atom stereocenters. The van der Waals surface area contributed by atoms with Crippen LogP contribution in [0.2, 0.25) is 0 Å². The van der Waals surface area contributed by atoms with Crippen molar-refractivity contribution in [3.8, 4) is 0 Å². The van der Waals surface area contributed by atoms with Gasteiger partial charge in [-0.1, -0.05) is 11.8 Å². The van der Waals surface area contributed by atoms with Gasteiger partial charge in [0.25, 0.3) is 5.56 Å². The molecule has 1 aromatic carbocycles. The topological polar surface area (TPSA) is 81.3 Å². The lowest BCUT2D eigenvalue weighted by Gasteiger charge is -2.34. The van der Waals surface area contributed by atoms with Crippen LogP contribution in [0.15, 0.2) is 34.2 Å². The first-order chi connectivity index (χ1) is 13.5. The lowest BCUT2D eigenvalue weighted by Crippen LogP contribution is -2.44. The van der Waals surface area contributed by atoms with Crippen LogP contribution in [-0.4, -0.2) is 60.3 Å². The maximum absolute atomic E-state index is 12.3. The largest absolute Gasteiger partial charge is 0.369 e. The summed E-state index contributed by atoms with van der Waals surface area (Å²) in [5, 5.41) is 3.50. The van der Waals surface area contributed by atoms with Crippen molar-refractivity contribution in [2.24, 2.45) is 0 Å². The Balaban J connectivity index is 1.55. The number of amides is 1. The highest BCUT2D eigenvalue weighted by atomic mass is 32.2. The summed E-state index contributed by atoms with van der Waals surface area (Å²) in [5.41, 5.74) is 3.02. The first kappa shape index (κ1) is 20.4. The number of carbonyl (C=O) groups is 1. The molecule has 1 aromatic heterocycles. The maximum Gasteiger partial charge on any atom is 0.254 e. The second-order valence-electron chi connectivity index (χ2n) is 7.02. The van der Waals surface area contributed by atoms with E-state index in [1.54, 1.807) is 6.92 Å². The number of H-pyrrole nitrogens is 1. The van der Waals surface area contributed by atoms with Crippen LogP contribution in [0.25, 0.3) is 0 Å². The minimum atomic E-state index is -0.166. The van der Waals surface area contributed by atoms with Crippen LogP contribution < -0.4 is 15.8 Å². The van der Waals surface area contributed by atoms with E-state index in [9.17, 15) is 9.59 Å². The van der Waals surface area contributed by atoms with Crippen LogP contribution in [0, 0.1) is 6.92 Å². The predicted octanol–water partition coefficient (Wildman–Crippen LogP) is 2.12. The summed E-state index contributed by atoms with van der Waals surface area (Å²) in [5.74, 6) is -0.111. The first-order valence-electron chi connectivity index (χ1n) is 9.43. The highest BCUT2D eigenvalue weighted by molar-refractivity contribution is 7.98. The van der Waals surface area contributed by atoms with Gasteiger partial charge in [0.2, 0.25) is 5.91 Å². The standard InChI is InChI=1S/C20H27N5O2S/c1-14-17(19(27)23-20(21-14)28-3)8-9-18(26)22-15-4-6-16(7-5-15)25-12-10-24(2)11-13-25/h4-7H,8-13H2,1-3H3,(H,22,26)(H,21,23,27). The molecule has 28 heavy (non-hydrogen) atoms. The van der Waals surface area contributed by atoms with Gasteiger partial charge in [-0.15, -0.1) is 0 Å². The number of aromatic nitrogens is 2. The van der Waals surface area contributed by atoms with Crippen LogP contribution in [0.5, 0.6) is 0 Å². The molecule has 7 nitrogen and oxygen atoms in total. The van der Waals surface area contributed by atoms with E-state index in [0.717, 1.165) is 31.9 Å². The number of aromatic amines is 1. The molecule has 0 unspecified atom stereocenters. The SMILES string of the molecule is CSc1nc(C)c(CCC(=O)Nc2ccc(N3CCN(C)CC3)cc2)c(=O)[nH]1. The number of hydrogen-bond acceptors (Lipinski definition) is 6. The minimum absolute atomic E-state index is 0.111. The molecule has 2 heterocycles. The van der Waals surface area contributed by atoms with Crippen molar-refractivity contribution in [3.63, 3.8) is 0 Å². The average molecular weight is 402 g/mol. The molecule has 1 amide bonds. The zero-order valence-corrected chi connectivity index (χ0v) is 17.4. The summed E-state index contributed by atoms with van der Waals surface area (Å²) < 4.78 is 0. The predicted molar refractivity (Wildman–Crippen MR) is 114 cm³/mol. The van der Waals surface area contributed by atoms with Crippen LogP contribution >= 0.6 is 11.8 Å². The van der Waals surface area contributed by atoms with Gasteiger partial charge in [-0.05, 0) is 50.9 Å². The number of carbonyl (C=O) groups excluding carboxylic acids is 1. The van der Waals surface area contributed by atoms with Crippen molar-refractivity contribution in [2.75, 3.05) is 49.7 Å². The van der Waals surface area contributed by atoms with Gasteiger partial charge in [0.05, 0.1) is 0 Å². The molecule has 150 valence electrons. The smallest absolute Gasteiger partial charge is 0.254 e. The summed E-state index contributed by atoms with van der Waals surface area (Å²) in [6, 6.07) is 7.94. The molecule has 0 saturated carbocycles. The number of aryl methyl sites for hydroxylation is 1. The first-order valence-corrected chi connectivity index (χ1v) is 10.7. The van der Waals surface area contributed by atoms with Crippen molar-refractivity contribution in [1.82, 2.24) is 14.9 Å². The van der Waals surface area contributed by atoms with E-state index in [4.69, 9.17) is 0 Å². The number of piperazine rings is 1. The lowest BCUT2D eigenvalue weighted by atomic mass is 10.1. The molecule has 1 fully saturated rings. The van der Waals surface area contributed by atoms with Crippen LogP contribution in [0.4, 0.5) is 11.4 Å². The summed E-state index contributed by atoms with van der Waals surface area (Å²) in [6.45, 7) is 5.95. The Morgan fingerprint density at radius 2 is 1.89 bits per heavy atom. The maximum atomic E-state index is 12.3. The van der Waals surface area contributed by atoms with Gasteiger partial charge in [0, 0.05) is 55.2 Å². The van der Waals surface area contributed by atoms with Gasteiger partial charge in [0.15, 0.2) is 5.16 Å². The summed E-state index contributed by atoms with van der Waals surface area (Å²) in [6.07, 6.45) is 2.47. The lowest BCUT2D eigenvalue weighted by molar-refractivity contribution is -0.116. The van der Waals surface area contributed by atoms with Gasteiger partial charge in [0.1, 0.15) is 0 Å². The van der Waals surface area contributed by atoms with E-state index in [2.05, 4.69) is 32.1 Å². The van der Waals surface area contributed by atoms with Gasteiger partial charge >= 0.3 is 0 Å². The normalized spacial score (nSPS) is 14.9. The van der Waals surface area contributed by atoms with Crippen LogP contribution in [0.3, 0.4) is 0 Å². The Labute approximate surface area is 169 Å². The molecule has 0 spiro atoms. The molecule has 0 aliphatic carbocycles. The van der Waals surface area contributed by atoms with E-state index in [0.29, 0.717) is 22.8 Å². The van der Waals surface area contributed by atoms with Crippen molar-refractivity contribution in [2.45, 2.75) is 24.9 Å². The molecule has 1 saturated heterocycles. The molecule has 3 rings (SSSR count). The fourth-order valence-corrected chi connectivity index (χ4v) is 3.68. The van der Waals surface area contributed by atoms with E-state index in [1.165, 1.54) is 17.4 Å². The Kier molecular flexibility index (Phi) is 6.74. The number of benzene rings is 1. The van der Waals surface area contributed by atoms with Crippen molar-refractivity contribution < 1.29 is 4.79 Å². The average Bonchev–Trinajstić information content (AvgIpc) is 2.68. The molecule has 1 aliphatic rings. The zero-order valence-electron chi connectivity index (χ0n) is 16.6. The number of hydrogen-bond donors (Lipinski definition) is 2. The monoisotopic (exact) mass is 401 g/mol. The van der Waals surface area contributed by atoms with Gasteiger partial charge in [-0.3, -0.25) is 9.59 Å². The Morgan fingerprint density at radius 1 is 1.21 bits per heavy atom. The number of nitrogens with zero attached hydrogens (tertiary/aromatic N) is 3. The number of rotatable bonds is 6. The van der Waals surface area contributed by atoms with E-state index < -0.39 is 0 Å². The fourth-order valence-electron chi connectivity index (χ4n) is 3.26. The Hall–Kier alpha value is -2.32. The summed E-state index contributed by atoms with van der Waals surface area (Å²) >= 11 is 1.39. The van der Waals surface area contributed by atoms with E-state index in [1.807, 2.05) is 30.5 Å². The number of nitrogens with one attached hydrogen (secondary N) is 2. The Bertz CT molecular complexity index is 873. The third kappa shape index (κ3) is 5.14. The fraction of sp³-hybridized carbons (Fsp3) is 0.450. The molecule has 8 heteroatoms. The number of likely N-dealkylation sites (N-methyl/N-ethyl adjacent to an activating group) is 1.